The average molecular weight is 388 g/mol. The summed E-state index contributed by atoms with van der Waals surface area (Å²) >= 11 is 0. The Hall–Kier alpha value is -3.29. The summed E-state index contributed by atoms with van der Waals surface area (Å²) in [6.45, 7) is 2.88. The molecule has 2 aromatic carbocycles. The number of anilines is 1. The maximum Gasteiger partial charge on any atom is 0.246 e. The van der Waals surface area contributed by atoms with E-state index in [0.717, 1.165) is 5.56 Å². The van der Waals surface area contributed by atoms with Gasteiger partial charge in [0.1, 0.15) is 12.3 Å². The molecule has 150 valence electrons. The van der Waals surface area contributed by atoms with Crippen molar-refractivity contribution in [1.29, 1.82) is 0 Å². The minimum Gasteiger partial charge on any atom is -0.508 e. The third-order valence-electron chi connectivity index (χ3n) is 3.86. The molecular formula is C20H25FN4O3. The van der Waals surface area contributed by atoms with Crippen molar-refractivity contribution in [2.75, 3.05) is 32.6 Å². The van der Waals surface area contributed by atoms with E-state index in [2.05, 4.69) is 15.6 Å². The standard InChI is InChI=1S/C20H25FN4O3/c1-4-22-20(23-12-19(27)24-15-6-8-16(26)9-7-15)25(2)13-14-5-10-18(28-3)17(21)11-14/h5-11,26H,4,12-13H2,1-3H3,(H,22,23)(H,24,27). The molecule has 0 bridgehead atoms. The predicted octanol–water partition coefficient (Wildman–Crippen LogP) is 2.58. The summed E-state index contributed by atoms with van der Waals surface area (Å²) in [5.74, 6) is 0.133. The number of guanidine groups is 1. The Morgan fingerprint density at radius 3 is 2.57 bits per heavy atom. The van der Waals surface area contributed by atoms with Gasteiger partial charge in [-0.05, 0) is 48.9 Å². The number of aromatic hydroxyl groups is 1. The van der Waals surface area contributed by atoms with Gasteiger partial charge in [-0.15, -0.1) is 0 Å². The largest absolute Gasteiger partial charge is 0.508 e. The molecule has 0 saturated carbocycles. The van der Waals surface area contributed by atoms with E-state index in [-0.39, 0.29) is 24.0 Å². The molecular weight excluding hydrogens is 363 g/mol. The molecule has 7 nitrogen and oxygen atoms in total. The molecule has 28 heavy (non-hydrogen) atoms. The van der Waals surface area contributed by atoms with E-state index in [9.17, 15) is 14.3 Å². The van der Waals surface area contributed by atoms with Crippen LogP contribution >= 0.6 is 0 Å². The lowest BCUT2D eigenvalue weighted by Gasteiger charge is -2.22. The molecule has 0 aliphatic heterocycles. The number of benzene rings is 2. The van der Waals surface area contributed by atoms with Crippen LogP contribution in [0.25, 0.3) is 0 Å². The van der Waals surface area contributed by atoms with E-state index < -0.39 is 5.82 Å². The molecule has 0 saturated heterocycles. The van der Waals surface area contributed by atoms with Crippen molar-refractivity contribution in [3.05, 3.63) is 53.8 Å². The van der Waals surface area contributed by atoms with Gasteiger partial charge in [0.05, 0.1) is 7.11 Å². The molecule has 0 spiro atoms. The fourth-order valence-corrected chi connectivity index (χ4v) is 2.52. The third-order valence-corrected chi connectivity index (χ3v) is 3.86. The van der Waals surface area contributed by atoms with E-state index in [0.29, 0.717) is 24.7 Å². The van der Waals surface area contributed by atoms with Crippen LogP contribution in [0.5, 0.6) is 11.5 Å². The summed E-state index contributed by atoms with van der Waals surface area (Å²) in [5, 5.41) is 15.1. The lowest BCUT2D eigenvalue weighted by atomic mass is 10.2. The van der Waals surface area contributed by atoms with Crippen molar-refractivity contribution < 1.29 is 19.0 Å². The molecule has 2 rings (SSSR count). The van der Waals surface area contributed by atoms with Crippen molar-refractivity contribution >= 4 is 17.6 Å². The van der Waals surface area contributed by atoms with E-state index in [4.69, 9.17) is 4.74 Å². The third kappa shape index (κ3) is 6.15. The predicted molar refractivity (Wildman–Crippen MR) is 107 cm³/mol. The second-order valence-electron chi connectivity index (χ2n) is 6.09. The Balaban J connectivity index is 2.00. The highest BCUT2D eigenvalue weighted by atomic mass is 19.1. The number of carbonyl (C=O) groups excluding carboxylic acids is 1. The number of carbonyl (C=O) groups is 1. The molecule has 0 radical (unpaired) electrons. The van der Waals surface area contributed by atoms with E-state index in [1.165, 1.54) is 25.3 Å². The van der Waals surface area contributed by atoms with Crippen LogP contribution in [0, 0.1) is 5.82 Å². The number of rotatable bonds is 7. The fraction of sp³-hybridized carbons (Fsp3) is 0.300. The van der Waals surface area contributed by atoms with Gasteiger partial charge in [0.15, 0.2) is 17.5 Å². The lowest BCUT2D eigenvalue weighted by molar-refractivity contribution is -0.114. The zero-order chi connectivity index (χ0) is 20.5. The molecule has 8 heteroatoms. The van der Waals surface area contributed by atoms with Crippen molar-refractivity contribution in [2.45, 2.75) is 13.5 Å². The van der Waals surface area contributed by atoms with Gasteiger partial charge in [-0.2, -0.15) is 0 Å². The lowest BCUT2D eigenvalue weighted by Crippen LogP contribution is -2.39. The van der Waals surface area contributed by atoms with Crippen LogP contribution in [0.4, 0.5) is 10.1 Å². The van der Waals surface area contributed by atoms with Gasteiger partial charge in [0.25, 0.3) is 0 Å². The number of nitrogens with one attached hydrogen (secondary N) is 2. The van der Waals surface area contributed by atoms with Gasteiger partial charge >= 0.3 is 0 Å². The smallest absolute Gasteiger partial charge is 0.246 e. The number of hydrogen-bond donors (Lipinski definition) is 3. The highest BCUT2D eigenvalue weighted by molar-refractivity contribution is 5.94. The number of nitrogens with zero attached hydrogens (tertiary/aromatic N) is 2. The van der Waals surface area contributed by atoms with Crippen LogP contribution in [0.3, 0.4) is 0 Å². The number of aliphatic imine (C=N–C) groups is 1. The molecule has 0 aliphatic carbocycles. The highest BCUT2D eigenvalue weighted by Crippen LogP contribution is 2.18. The van der Waals surface area contributed by atoms with Crippen LogP contribution in [0.15, 0.2) is 47.5 Å². The molecule has 0 aromatic heterocycles. The Morgan fingerprint density at radius 2 is 1.96 bits per heavy atom. The van der Waals surface area contributed by atoms with Crippen LogP contribution in [-0.4, -0.2) is 49.1 Å². The Kier molecular flexibility index (Phi) is 7.62. The number of phenolic OH excluding ortho intramolecular Hbond substituents is 1. The van der Waals surface area contributed by atoms with Gasteiger partial charge in [0.2, 0.25) is 5.91 Å². The van der Waals surface area contributed by atoms with E-state index in [1.54, 1.807) is 29.2 Å². The van der Waals surface area contributed by atoms with Crippen LogP contribution in [0.1, 0.15) is 12.5 Å². The van der Waals surface area contributed by atoms with E-state index >= 15 is 0 Å². The minimum atomic E-state index is -0.427. The summed E-state index contributed by atoms with van der Waals surface area (Å²) < 4.78 is 18.8. The zero-order valence-electron chi connectivity index (χ0n) is 16.2. The minimum absolute atomic E-state index is 0.0788. The number of methoxy groups -OCH3 is 1. The zero-order valence-corrected chi connectivity index (χ0v) is 16.2. The first-order valence-corrected chi connectivity index (χ1v) is 8.83. The number of hydrogen-bond acceptors (Lipinski definition) is 4. The Labute approximate surface area is 163 Å². The normalized spacial score (nSPS) is 11.1. The monoisotopic (exact) mass is 388 g/mol. The molecule has 0 unspecified atom stereocenters. The molecule has 0 fully saturated rings. The number of phenols is 1. The summed E-state index contributed by atoms with van der Waals surface area (Å²) in [4.78, 5) is 18.2. The first kappa shape index (κ1) is 21.0. The number of amides is 1. The molecule has 0 heterocycles. The summed E-state index contributed by atoms with van der Waals surface area (Å²) in [7, 11) is 3.23. The van der Waals surface area contributed by atoms with Crippen LogP contribution in [-0.2, 0) is 11.3 Å². The van der Waals surface area contributed by atoms with Crippen molar-refractivity contribution in [2.24, 2.45) is 4.99 Å². The molecule has 1 amide bonds. The van der Waals surface area contributed by atoms with Crippen molar-refractivity contribution in [3.63, 3.8) is 0 Å². The first-order chi connectivity index (χ1) is 13.4. The second kappa shape index (κ2) is 10.1. The molecule has 0 atom stereocenters. The fourth-order valence-electron chi connectivity index (χ4n) is 2.52. The maximum absolute atomic E-state index is 13.9. The molecule has 3 N–H and O–H groups in total. The number of halogens is 1. The Morgan fingerprint density at radius 1 is 1.25 bits per heavy atom. The summed E-state index contributed by atoms with van der Waals surface area (Å²) in [6.07, 6.45) is 0. The van der Waals surface area contributed by atoms with Crippen molar-refractivity contribution in [1.82, 2.24) is 10.2 Å². The average Bonchev–Trinajstić information content (AvgIpc) is 2.67. The molecule has 2 aromatic rings. The summed E-state index contributed by atoms with van der Waals surface area (Å²) in [5.41, 5.74) is 1.32. The highest BCUT2D eigenvalue weighted by Gasteiger charge is 2.10. The molecule has 0 aliphatic rings. The van der Waals surface area contributed by atoms with Gasteiger partial charge in [0, 0.05) is 25.8 Å². The topological polar surface area (TPSA) is 86.2 Å². The Bertz CT molecular complexity index is 825. The number of ether oxygens (including phenoxy) is 1. The second-order valence-corrected chi connectivity index (χ2v) is 6.09. The van der Waals surface area contributed by atoms with Gasteiger partial charge in [-0.3, -0.25) is 4.79 Å². The van der Waals surface area contributed by atoms with E-state index in [1.807, 2.05) is 14.0 Å². The van der Waals surface area contributed by atoms with Crippen LogP contribution in [0.2, 0.25) is 0 Å². The van der Waals surface area contributed by atoms with Gasteiger partial charge in [-0.1, -0.05) is 6.07 Å². The first-order valence-electron chi connectivity index (χ1n) is 8.83. The SMILES string of the molecule is CCNC(=NCC(=O)Nc1ccc(O)cc1)N(C)Cc1ccc(OC)c(F)c1. The van der Waals surface area contributed by atoms with Crippen molar-refractivity contribution in [3.8, 4) is 11.5 Å². The quantitative estimate of drug-likeness (QED) is 0.386. The van der Waals surface area contributed by atoms with Gasteiger partial charge < -0.3 is 25.4 Å². The maximum atomic E-state index is 13.9. The van der Waals surface area contributed by atoms with Crippen LogP contribution < -0.4 is 15.4 Å². The van der Waals surface area contributed by atoms with Gasteiger partial charge in [-0.25, -0.2) is 9.38 Å². The summed E-state index contributed by atoms with van der Waals surface area (Å²) in [6, 6.07) is 11.0.